The fraction of sp³-hybridized carbons (Fsp3) is 0.889. The van der Waals surface area contributed by atoms with Crippen molar-refractivity contribution in [3.63, 3.8) is 0 Å². The maximum Gasteiger partial charge on any atom is 0.222 e. The summed E-state index contributed by atoms with van der Waals surface area (Å²) in [5.41, 5.74) is 0. The number of hydrogen-bond acceptors (Lipinski definition) is 3. The van der Waals surface area contributed by atoms with Crippen molar-refractivity contribution in [1.82, 2.24) is 4.90 Å². The van der Waals surface area contributed by atoms with Crippen LogP contribution >= 0.6 is 0 Å². The molecule has 0 spiro atoms. The molecule has 0 aliphatic heterocycles. The highest BCUT2D eigenvalue weighted by Gasteiger charge is 2.10. The molecule has 1 amide bonds. The van der Waals surface area contributed by atoms with Crippen LogP contribution in [0.2, 0.25) is 0 Å². The van der Waals surface area contributed by atoms with E-state index in [0.717, 1.165) is 12.8 Å². The number of carbonyl (C=O) groups is 1. The average Bonchev–Trinajstić information content (AvgIpc) is 2.09. The molecule has 0 aromatic carbocycles. The summed E-state index contributed by atoms with van der Waals surface area (Å²) < 4.78 is 21.7. The molecule has 84 valence electrons. The lowest BCUT2D eigenvalue weighted by atomic mass is 10.2. The summed E-state index contributed by atoms with van der Waals surface area (Å²) in [4.78, 5) is 12.8. The topological polar surface area (TPSA) is 54.5 Å². The third kappa shape index (κ3) is 6.88. The highest BCUT2D eigenvalue weighted by atomic mass is 32.2. The molecule has 4 nitrogen and oxygen atoms in total. The van der Waals surface area contributed by atoms with Crippen LogP contribution in [0.5, 0.6) is 0 Å². The molecular formula is C9H19NO3S. The summed E-state index contributed by atoms with van der Waals surface area (Å²) in [7, 11) is -1.33. The van der Waals surface area contributed by atoms with Crippen molar-refractivity contribution in [2.45, 2.75) is 26.2 Å². The first-order valence-corrected chi connectivity index (χ1v) is 6.84. The summed E-state index contributed by atoms with van der Waals surface area (Å²) in [6.07, 6.45) is 3.53. The number of amides is 1. The van der Waals surface area contributed by atoms with Gasteiger partial charge in [-0.2, -0.15) is 0 Å². The lowest BCUT2D eigenvalue weighted by Gasteiger charge is -2.16. The first kappa shape index (κ1) is 13.4. The maximum absolute atomic E-state index is 11.3. The second-order valence-corrected chi connectivity index (χ2v) is 5.81. The molecule has 0 aromatic rings. The molecule has 0 heterocycles. The molecule has 0 atom stereocenters. The molecule has 0 fully saturated rings. The van der Waals surface area contributed by atoms with Crippen LogP contribution in [-0.4, -0.2) is 44.8 Å². The zero-order chi connectivity index (χ0) is 11.2. The van der Waals surface area contributed by atoms with Gasteiger partial charge in [0.25, 0.3) is 0 Å². The highest BCUT2D eigenvalue weighted by molar-refractivity contribution is 7.90. The molecule has 0 aliphatic rings. The van der Waals surface area contributed by atoms with Crippen molar-refractivity contribution < 1.29 is 13.2 Å². The third-order valence-corrected chi connectivity index (χ3v) is 2.89. The minimum absolute atomic E-state index is 0.0236. The average molecular weight is 221 g/mol. The first-order chi connectivity index (χ1) is 6.37. The summed E-state index contributed by atoms with van der Waals surface area (Å²) in [5.74, 6) is 0.0666. The van der Waals surface area contributed by atoms with E-state index in [1.807, 2.05) is 6.92 Å². The molecule has 0 N–H and O–H groups in total. The van der Waals surface area contributed by atoms with Crippen LogP contribution in [0.4, 0.5) is 0 Å². The second-order valence-electron chi connectivity index (χ2n) is 3.55. The number of unbranched alkanes of at least 4 members (excludes halogenated alkanes) is 1. The van der Waals surface area contributed by atoms with Gasteiger partial charge in [-0.15, -0.1) is 0 Å². The van der Waals surface area contributed by atoms with Crippen LogP contribution in [0.3, 0.4) is 0 Å². The lowest BCUT2D eigenvalue weighted by molar-refractivity contribution is -0.129. The fourth-order valence-corrected chi connectivity index (χ4v) is 1.55. The van der Waals surface area contributed by atoms with Crippen molar-refractivity contribution in [3.8, 4) is 0 Å². The minimum Gasteiger partial charge on any atom is -0.345 e. The van der Waals surface area contributed by atoms with Crippen LogP contribution in [0.15, 0.2) is 0 Å². The molecule has 0 aromatic heterocycles. The number of nitrogens with zero attached hydrogens (tertiary/aromatic N) is 1. The monoisotopic (exact) mass is 221 g/mol. The Morgan fingerprint density at radius 2 is 1.93 bits per heavy atom. The van der Waals surface area contributed by atoms with Gasteiger partial charge in [0.05, 0.1) is 5.75 Å². The van der Waals surface area contributed by atoms with Crippen LogP contribution < -0.4 is 0 Å². The molecule has 0 aliphatic carbocycles. The summed E-state index contributed by atoms with van der Waals surface area (Å²) in [5, 5.41) is 0. The van der Waals surface area contributed by atoms with Gasteiger partial charge < -0.3 is 4.90 Å². The van der Waals surface area contributed by atoms with Gasteiger partial charge >= 0.3 is 0 Å². The van der Waals surface area contributed by atoms with Crippen molar-refractivity contribution in [3.05, 3.63) is 0 Å². The van der Waals surface area contributed by atoms with Gasteiger partial charge in [-0.3, -0.25) is 4.79 Å². The van der Waals surface area contributed by atoms with Crippen LogP contribution in [0.1, 0.15) is 26.2 Å². The van der Waals surface area contributed by atoms with E-state index >= 15 is 0 Å². The van der Waals surface area contributed by atoms with E-state index in [2.05, 4.69) is 0 Å². The van der Waals surface area contributed by atoms with Crippen molar-refractivity contribution in [2.75, 3.05) is 25.6 Å². The molecule has 0 radical (unpaired) electrons. The molecule has 0 saturated carbocycles. The van der Waals surface area contributed by atoms with Gasteiger partial charge in [-0.25, -0.2) is 8.42 Å². The lowest BCUT2D eigenvalue weighted by Crippen LogP contribution is -2.31. The van der Waals surface area contributed by atoms with E-state index in [9.17, 15) is 13.2 Å². The van der Waals surface area contributed by atoms with Crippen molar-refractivity contribution in [1.29, 1.82) is 0 Å². The standard InChI is InChI=1S/C9H19NO3S/c1-4-5-6-9(11)10(2)7-8-14(3,12)13/h4-8H2,1-3H3. The van der Waals surface area contributed by atoms with E-state index in [4.69, 9.17) is 0 Å². The minimum atomic E-state index is -2.97. The predicted molar refractivity (Wildman–Crippen MR) is 56.9 cm³/mol. The van der Waals surface area contributed by atoms with Gasteiger partial charge in [0.1, 0.15) is 9.84 Å². The number of rotatable bonds is 6. The van der Waals surface area contributed by atoms with E-state index in [-0.39, 0.29) is 11.7 Å². The van der Waals surface area contributed by atoms with Crippen molar-refractivity contribution >= 4 is 15.7 Å². The van der Waals surface area contributed by atoms with E-state index < -0.39 is 9.84 Å². The Hall–Kier alpha value is -0.580. The second kappa shape index (κ2) is 6.01. The Balaban J connectivity index is 3.84. The molecule has 14 heavy (non-hydrogen) atoms. The Kier molecular flexibility index (Phi) is 5.76. The van der Waals surface area contributed by atoms with Crippen LogP contribution in [0.25, 0.3) is 0 Å². The quantitative estimate of drug-likeness (QED) is 0.662. The number of sulfone groups is 1. The molecule has 0 saturated heterocycles. The molecule has 5 heteroatoms. The van der Waals surface area contributed by atoms with Crippen molar-refractivity contribution in [2.24, 2.45) is 0 Å². The zero-order valence-corrected chi connectivity index (χ0v) is 9.93. The first-order valence-electron chi connectivity index (χ1n) is 4.78. The van der Waals surface area contributed by atoms with Gasteiger partial charge in [-0.1, -0.05) is 13.3 Å². The van der Waals surface area contributed by atoms with E-state index in [1.165, 1.54) is 11.2 Å². The summed E-state index contributed by atoms with van der Waals surface area (Å²) in [6, 6.07) is 0. The maximum atomic E-state index is 11.3. The third-order valence-electron chi connectivity index (χ3n) is 1.97. The van der Waals surface area contributed by atoms with E-state index in [1.54, 1.807) is 7.05 Å². The largest absolute Gasteiger partial charge is 0.345 e. The van der Waals surface area contributed by atoms with Gasteiger partial charge in [0.15, 0.2) is 0 Å². The number of hydrogen-bond donors (Lipinski definition) is 0. The fourth-order valence-electron chi connectivity index (χ4n) is 0.946. The SMILES string of the molecule is CCCCC(=O)N(C)CCS(C)(=O)=O. The van der Waals surface area contributed by atoms with Crippen LogP contribution in [0, 0.1) is 0 Å². The molecule has 0 bridgehead atoms. The smallest absolute Gasteiger partial charge is 0.222 e. The summed E-state index contributed by atoms with van der Waals surface area (Å²) in [6.45, 7) is 2.31. The van der Waals surface area contributed by atoms with Gasteiger partial charge in [-0.05, 0) is 6.42 Å². The summed E-state index contributed by atoms with van der Waals surface area (Å²) >= 11 is 0. The molecule has 0 rings (SSSR count). The Morgan fingerprint density at radius 1 is 1.36 bits per heavy atom. The van der Waals surface area contributed by atoms with E-state index in [0.29, 0.717) is 13.0 Å². The predicted octanol–water partition coefficient (Wildman–Crippen LogP) is 0.680. The normalized spacial score (nSPS) is 11.4. The van der Waals surface area contributed by atoms with Crippen LogP contribution in [-0.2, 0) is 14.6 Å². The Morgan fingerprint density at radius 3 is 2.36 bits per heavy atom. The van der Waals surface area contributed by atoms with Gasteiger partial charge in [0, 0.05) is 26.3 Å². The molecular weight excluding hydrogens is 202 g/mol. The zero-order valence-electron chi connectivity index (χ0n) is 9.12. The Labute approximate surface area is 86.2 Å². The highest BCUT2D eigenvalue weighted by Crippen LogP contribution is 1.99. The number of carbonyl (C=O) groups excluding carboxylic acids is 1. The molecule has 0 unspecified atom stereocenters. The Bertz CT molecular complexity index is 272. The van der Waals surface area contributed by atoms with Gasteiger partial charge in [0.2, 0.25) is 5.91 Å².